The largest absolute Gasteiger partial charge is 0.481 e. The molecule has 1 N–H and O–H groups in total. The molecule has 0 spiro atoms. The van der Waals surface area contributed by atoms with Gasteiger partial charge in [0.05, 0.1) is 5.41 Å². The summed E-state index contributed by atoms with van der Waals surface area (Å²) < 4.78 is 5.34. The first-order valence-electron chi connectivity index (χ1n) is 6.77. The fourth-order valence-electron chi connectivity index (χ4n) is 3.05. The monoisotopic (exact) mass is 268 g/mol. The maximum atomic E-state index is 12.1. The van der Waals surface area contributed by atoms with E-state index in [2.05, 4.69) is 0 Å². The summed E-state index contributed by atoms with van der Waals surface area (Å²) in [6.45, 7) is 6.20. The van der Waals surface area contributed by atoms with Crippen molar-refractivity contribution < 1.29 is 19.4 Å². The second-order valence-corrected chi connectivity index (χ2v) is 6.59. The van der Waals surface area contributed by atoms with Crippen LogP contribution < -0.4 is 0 Å². The Balaban J connectivity index is 2.11. The average molecular weight is 268 g/mol. The molecule has 107 valence electrons. The minimum absolute atomic E-state index is 0.0440. The van der Waals surface area contributed by atoms with E-state index in [0.717, 1.165) is 12.8 Å². The van der Waals surface area contributed by atoms with Crippen molar-refractivity contribution in [1.82, 2.24) is 4.90 Å². The van der Waals surface area contributed by atoms with Crippen molar-refractivity contribution in [2.75, 3.05) is 13.1 Å². The number of nitrogens with zero attached hydrogens (tertiary/aromatic N) is 1. The number of carbonyl (C=O) groups is 2. The SMILES string of the molecule is CC(C)(C)OC(=O)N1CC2CC[CH]CC2(C(=O)O)C1. The normalized spacial score (nSPS) is 30.9. The van der Waals surface area contributed by atoms with Crippen LogP contribution in [-0.4, -0.2) is 40.8 Å². The Labute approximate surface area is 113 Å². The Hall–Kier alpha value is -1.26. The summed E-state index contributed by atoms with van der Waals surface area (Å²) in [6.07, 6.45) is 3.95. The van der Waals surface area contributed by atoms with Gasteiger partial charge in [-0.05, 0) is 52.4 Å². The molecule has 1 aliphatic carbocycles. The third-order valence-corrected chi connectivity index (χ3v) is 4.00. The fourth-order valence-corrected chi connectivity index (χ4v) is 3.05. The van der Waals surface area contributed by atoms with E-state index in [1.165, 1.54) is 0 Å². The first kappa shape index (κ1) is 14.2. The van der Waals surface area contributed by atoms with Gasteiger partial charge >= 0.3 is 12.1 Å². The van der Waals surface area contributed by atoms with Crippen LogP contribution in [0.3, 0.4) is 0 Å². The highest BCUT2D eigenvalue weighted by Crippen LogP contribution is 2.46. The number of rotatable bonds is 1. The second-order valence-electron chi connectivity index (χ2n) is 6.59. The molecule has 2 atom stereocenters. The standard InChI is InChI=1S/C14H22NO4/c1-13(2,3)19-12(18)15-8-10-6-4-5-7-14(10,9-15)11(16)17/h5,10H,4,6-9H2,1-3H3,(H,16,17). The van der Waals surface area contributed by atoms with Gasteiger partial charge in [-0.3, -0.25) is 4.79 Å². The number of hydrogen-bond donors (Lipinski definition) is 1. The molecule has 1 radical (unpaired) electrons. The number of carbonyl (C=O) groups excluding carboxylic acids is 1. The lowest BCUT2D eigenvalue weighted by molar-refractivity contribution is -0.151. The highest BCUT2D eigenvalue weighted by molar-refractivity contribution is 5.79. The van der Waals surface area contributed by atoms with Crippen LogP contribution in [0, 0.1) is 17.8 Å². The molecule has 2 rings (SSSR count). The van der Waals surface area contributed by atoms with Crippen LogP contribution in [0.4, 0.5) is 4.79 Å². The van der Waals surface area contributed by atoms with Crippen LogP contribution >= 0.6 is 0 Å². The van der Waals surface area contributed by atoms with Crippen molar-refractivity contribution in [3.8, 4) is 0 Å². The van der Waals surface area contributed by atoms with Crippen LogP contribution in [-0.2, 0) is 9.53 Å². The first-order chi connectivity index (χ1) is 8.74. The Morgan fingerprint density at radius 3 is 2.63 bits per heavy atom. The van der Waals surface area contributed by atoms with Gasteiger partial charge in [-0.25, -0.2) is 4.79 Å². The van der Waals surface area contributed by atoms with E-state index < -0.39 is 23.1 Å². The average Bonchev–Trinajstić information content (AvgIpc) is 2.67. The Bertz CT molecular complexity index is 387. The molecule has 1 heterocycles. The molecular formula is C14H22NO4. The lowest BCUT2D eigenvalue weighted by atomic mass is 9.68. The van der Waals surface area contributed by atoms with E-state index in [4.69, 9.17) is 4.74 Å². The molecule has 5 heteroatoms. The Kier molecular flexibility index (Phi) is 3.49. The van der Waals surface area contributed by atoms with Crippen LogP contribution in [0.25, 0.3) is 0 Å². The van der Waals surface area contributed by atoms with Gasteiger partial charge < -0.3 is 14.7 Å². The van der Waals surface area contributed by atoms with Gasteiger partial charge in [-0.1, -0.05) is 0 Å². The van der Waals surface area contributed by atoms with Crippen LogP contribution in [0.2, 0.25) is 0 Å². The smallest absolute Gasteiger partial charge is 0.410 e. The molecule has 5 nitrogen and oxygen atoms in total. The Morgan fingerprint density at radius 1 is 1.42 bits per heavy atom. The molecule has 1 amide bonds. The molecule has 1 saturated heterocycles. The summed E-state index contributed by atoms with van der Waals surface area (Å²) in [5, 5.41) is 9.53. The lowest BCUT2D eigenvalue weighted by Crippen LogP contribution is -2.42. The van der Waals surface area contributed by atoms with Crippen molar-refractivity contribution in [1.29, 1.82) is 0 Å². The maximum absolute atomic E-state index is 12.1. The number of carboxylic acid groups (broad SMARTS) is 1. The van der Waals surface area contributed by atoms with Gasteiger partial charge in [0.1, 0.15) is 5.60 Å². The molecule has 1 saturated carbocycles. The van der Waals surface area contributed by atoms with Crippen molar-refractivity contribution in [3.05, 3.63) is 6.42 Å². The van der Waals surface area contributed by atoms with E-state index >= 15 is 0 Å². The summed E-state index contributed by atoms with van der Waals surface area (Å²) in [5.41, 5.74) is -1.34. The van der Waals surface area contributed by atoms with Crippen molar-refractivity contribution >= 4 is 12.1 Å². The molecule has 0 aromatic carbocycles. The maximum Gasteiger partial charge on any atom is 0.410 e. The first-order valence-corrected chi connectivity index (χ1v) is 6.77. The Morgan fingerprint density at radius 2 is 2.11 bits per heavy atom. The van der Waals surface area contributed by atoms with Crippen molar-refractivity contribution in [2.24, 2.45) is 11.3 Å². The summed E-state index contributed by atoms with van der Waals surface area (Å²) in [6, 6.07) is 0. The van der Waals surface area contributed by atoms with E-state index in [-0.39, 0.29) is 12.5 Å². The van der Waals surface area contributed by atoms with Gasteiger partial charge in [0.15, 0.2) is 0 Å². The number of fused-ring (bicyclic) bond motifs is 1. The van der Waals surface area contributed by atoms with Gasteiger partial charge in [-0.2, -0.15) is 0 Å². The third kappa shape index (κ3) is 2.69. The number of aliphatic carboxylic acids is 1. The molecule has 1 aliphatic heterocycles. The van der Waals surface area contributed by atoms with E-state index in [0.29, 0.717) is 13.0 Å². The highest BCUT2D eigenvalue weighted by atomic mass is 16.6. The number of amides is 1. The summed E-state index contributed by atoms with van der Waals surface area (Å²) >= 11 is 0. The molecule has 0 aromatic rings. The summed E-state index contributed by atoms with van der Waals surface area (Å²) in [7, 11) is 0. The number of hydrogen-bond acceptors (Lipinski definition) is 3. The molecule has 0 aromatic heterocycles. The molecular weight excluding hydrogens is 246 g/mol. The van der Waals surface area contributed by atoms with Crippen LogP contribution in [0.15, 0.2) is 0 Å². The van der Waals surface area contributed by atoms with Gasteiger partial charge in [0, 0.05) is 13.1 Å². The molecule has 2 fully saturated rings. The minimum atomic E-state index is -0.796. The van der Waals surface area contributed by atoms with Gasteiger partial charge in [0.2, 0.25) is 0 Å². The minimum Gasteiger partial charge on any atom is -0.481 e. The zero-order valence-corrected chi connectivity index (χ0v) is 11.8. The van der Waals surface area contributed by atoms with Crippen LogP contribution in [0.1, 0.15) is 40.0 Å². The summed E-state index contributed by atoms with van der Waals surface area (Å²) in [5.74, 6) is -0.748. The predicted octanol–water partition coefficient (Wildman–Crippen LogP) is 2.31. The molecule has 19 heavy (non-hydrogen) atoms. The molecule has 2 unspecified atom stereocenters. The lowest BCUT2D eigenvalue weighted by Gasteiger charge is -2.33. The number of ether oxygens (including phenoxy) is 1. The zero-order valence-electron chi connectivity index (χ0n) is 11.8. The zero-order chi connectivity index (χ0) is 14.3. The van der Waals surface area contributed by atoms with Gasteiger partial charge in [0.25, 0.3) is 0 Å². The summed E-state index contributed by atoms with van der Waals surface area (Å²) in [4.78, 5) is 25.2. The predicted molar refractivity (Wildman–Crippen MR) is 69.5 cm³/mol. The second kappa shape index (κ2) is 4.69. The molecule has 0 bridgehead atoms. The fraction of sp³-hybridized carbons (Fsp3) is 0.786. The highest BCUT2D eigenvalue weighted by Gasteiger charge is 2.54. The number of carboxylic acids is 1. The number of likely N-dealkylation sites (tertiary alicyclic amines) is 1. The van der Waals surface area contributed by atoms with E-state index in [9.17, 15) is 14.7 Å². The third-order valence-electron chi connectivity index (χ3n) is 4.00. The quantitative estimate of drug-likeness (QED) is 0.792. The van der Waals surface area contributed by atoms with Crippen molar-refractivity contribution in [3.63, 3.8) is 0 Å². The topological polar surface area (TPSA) is 66.8 Å². The van der Waals surface area contributed by atoms with E-state index in [1.807, 2.05) is 27.2 Å². The molecule has 2 aliphatic rings. The van der Waals surface area contributed by atoms with Crippen LogP contribution in [0.5, 0.6) is 0 Å². The van der Waals surface area contributed by atoms with E-state index in [1.54, 1.807) is 4.90 Å². The van der Waals surface area contributed by atoms with Gasteiger partial charge in [-0.15, -0.1) is 0 Å². The van der Waals surface area contributed by atoms with Crippen molar-refractivity contribution in [2.45, 2.75) is 45.6 Å².